The van der Waals surface area contributed by atoms with Crippen molar-refractivity contribution in [1.29, 1.82) is 0 Å². The molecule has 1 heterocycles. The van der Waals surface area contributed by atoms with Crippen molar-refractivity contribution < 1.29 is 19.0 Å². The first-order valence-electron chi connectivity index (χ1n) is 6.63. The van der Waals surface area contributed by atoms with Crippen molar-refractivity contribution in [3.63, 3.8) is 0 Å². The van der Waals surface area contributed by atoms with Crippen molar-refractivity contribution in [3.05, 3.63) is 60.4 Å². The SMILES string of the molecule is CCOC(=O)/C=C/C1OC=CC(c2ccccc2)CO1. The van der Waals surface area contributed by atoms with Crippen LogP contribution in [0.1, 0.15) is 18.4 Å². The molecule has 20 heavy (non-hydrogen) atoms. The Balaban J connectivity index is 1.91. The summed E-state index contributed by atoms with van der Waals surface area (Å²) in [4.78, 5) is 11.2. The highest BCUT2D eigenvalue weighted by Gasteiger charge is 2.15. The first-order chi connectivity index (χ1) is 9.79. The summed E-state index contributed by atoms with van der Waals surface area (Å²) < 4.78 is 15.8. The maximum absolute atomic E-state index is 11.2. The summed E-state index contributed by atoms with van der Waals surface area (Å²) in [6.45, 7) is 2.61. The van der Waals surface area contributed by atoms with E-state index in [1.165, 1.54) is 11.6 Å². The molecule has 0 spiro atoms. The molecule has 0 saturated carbocycles. The molecule has 2 atom stereocenters. The van der Waals surface area contributed by atoms with Crippen LogP contribution in [0.2, 0.25) is 0 Å². The van der Waals surface area contributed by atoms with Crippen molar-refractivity contribution in [2.75, 3.05) is 13.2 Å². The zero-order valence-corrected chi connectivity index (χ0v) is 11.4. The summed E-state index contributed by atoms with van der Waals surface area (Å²) in [5.41, 5.74) is 1.17. The molecule has 0 saturated heterocycles. The Bertz CT molecular complexity index is 479. The number of esters is 1. The number of ether oxygens (including phenoxy) is 3. The zero-order valence-electron chi connectivity index (χ0n) is 11.4. The summed E-state index contributed by atoms with van der Waals surface area (Å²) in [7, 11) is 0. The molecular weight excluding hydrogens is 256 g/mol. The molecule has 106 valence electrons. The van der Waals surface area contributed by atoms with Crippen LogP contribution in [-0.2, 0) is 19.0 Å². The second-order valence-electron chi connectivity index (χ2n) is 4.29. The minimum absolute atomic E-state index is 0.150. The highest BCUT2D eigenvalue weighted by Crippen LogP contribution is 2.21. The monoisotopic (exact) mass is 274 g/mol. The molecule has 1 aliphatic rings. The minimum atomic E-state index is -0.565. The van der Waals surface area contributed by atoms with Crippen LogP contribution in [0.25, 0.3) is 0 Å². The van der Waals surface area contributed by atoms with Gasteiger partial charge in [-0.1, -0.05) is 30.3 Å². The van der Waals surface area contributed by atoms with Crippen LogP contribution in [0.3, 0.4) is 0 Å². The Morgan fingerprint density at radius 1 is 1.40 bits per heavy atom. The van der Waals surface area contributed by atoms with E-state index in [-0.39, 0.29) is 5.92 Å². The Morgan fingerprint density at radius 2 is 2.20 bits per heavy atom. The van der Waals surface area contributed by atoms with Gasteiger partial charge in [-0.3, -0.25) is 0 Å². The van der Waals surface area contributed by atoms with Crippen molar-refractivity contribution >= 4 is 5.97 Å². The molecular formula is C16H18O4. The number of hydrogen-bond donors (Lipinski definition) is 0. The molecule has 1 aromatic rings. The average molecular weight is 274 g/mol. The van der Waals surface area contributed by atoms with Gasteiger partial charge in [0.25, 0.3) is 0 Å². The van der Waals surface area contributed by atoms with Gasteiger partial charge in [0.05, 0.1) is 19.5 Å². The van der Waals surface area contributed by atoms with E-state index in [0.29, 0.717) is 13.2 Å². The molecule has 0 aliphatic carbocycles. The van der Waals surface area contributed by atoms with Gasteiger partial charge in [-0.25, -0.2) is 4.79 Å². The Kier molecular flexibility index (Phi) is 5.38. The van der Waals surface area contributed by atoms with E-state index in [4.69, 9.17) is 14.2 Å². The fourth-order valence-corrected chi connectivity index (χ4v) is 1.87. The number of carbonyl (C=O) groups excluding carboxylic acids is 1. The Morgan fingerprint density at radius 3 is 2.95 bits per heavy atom. The number of benzene rings is 1. The number of hydrogen-bond acceptors (Lipinski definition) is 4. The van der Waals surface area contributed by atoms with E-state index in [9.17, 15) is 4.79 Å². The van der Waals surface area contributed by atoms with Gasteiger partial charge < -0.3 is 14.2 Å². The van der Waals surface area contributed by atoms with E-state index >= 15 is 0 Å². The molecule has 4 heteroatoms. The predicted molar refractivity (Wildman–Crippen MR) is 74.9 cm³/mol. The van der Waals surface area contributed by atoms with Gasteiger partial charge in [0, 0.05) is 12.0 Å². The van der Waals surface area contributed by atoms with Gasteiger partial charge in [0.15, 0.2) is 0 Å². The fourth-order valence-electron chi connectivity index (χ4n) is 1.87. The third-order valence-corrected chi connectivity index (χ3v) is 2.87. The van der Waals surface area contributed by atoms with Gasteiger partial charge in [-0.2, -0.15) is 0 Å². The second kappa shape index (κ2) is 7.50. The highest BCUT2D eigenvalue weighted by atomic mass is 16.7. The lowest BCUT2D eigenvalue weighted by molar-refractivity contribution is -0.137. The summed E-state index contributed by atoms with van der Waals surface area (Å²) >= 11 is 0. The number of rotatable bonds is 4. The topological polar surface area (TPSA) is 44.8 Å². The van der Waals surface area contributed by atoms with Crippen molar-refractivity contribution in [2.24, 2.45) is 0 Å². The Labute approximate surface area is 118 Å². The van der Waals surface area contributed by atoms with Gasteiger partial charge >= 0.3 is 5.97 Å². The quantitative estimate of drug-likeness (QED) is 0.625. The third kappa shape index (κ3) is 4.24. The third-order valence-electron chi connectivity index (χ3n) is 2.87. The van der Waals surface area contributed by atoms with Crippen molar-refractivity contribution in [1.82, 2.24) is 0 Å². The molecule has 2 unspecified atom stereocenters. The van der Waals surface area contributed by atoms with Crippen LogP contribution < -0.4 is 0 Å². The lowest BCUT2D eigenvalue weighted by Gasteiger charge is -2.13. The maximum Gasteiger partial charge on any atom is 0.330 e. The van der Waals surface area contributed by atoms with E-state index in [2.05, 4.69) is 0 Å². The first kappa shape index (κ1) is 14.3. The second-order valence-corrected chi connectivity index (χ2v) is 4.29. The highest BCUT2D eigenvalue weighted by molar-refractivity contribution is 5.81. The minimum Gasteiger partial charge on any atom is -0.469 e. The fraction of sp³-hybridized carbons (Fsp3) is 0.312. The predicted octanol–water partition coefficient (Wildman–Crippen LogP) is 2.78. The summed E-state index contributed by atoms with van der Waals surface area (Å²) in [5.74, 6) is -0.246. The van der Waals surface area contributed by atoms with Crippen molar-refractivity contribution in [3.8, 4) is 0 Å². The number of carbonyl (C=O) groups is 1. The van der Waals surface area contributed by atoms with Crippen LogP contribution in [0.5, 0.6) is 0 Å². The lowest BCUT2D eigenvalue weighted by atomic mass is 10.0. The largest absolute Gasteiger partial charge is 0.469 e. The van der Waals surface area contributed by atoms with Crippen molar-refractivity contribution in [2.45, 2.75) is 19.1 Å². The van der Waals surface area contributed by atoms with Gasteiger partial charge in [0.1, 0.15) is 0 Å². The zero-order chi connectivity index (χ0) is 14.2. The molecule has 0 bridgehead atoms. The lowest BCUT2D eigenvalue weighted by Crippen LogP contribution is -2.14. The van der Waals surface area contributed by atoms with E-state index < -0.39 is 12.3 Å². The molecule has 0 N–H and O–H groups in total. The van der Waals surface area contributed by atoms with Crippen LogP contribution in [0.15, 0.2) is 54.8 Å². The molecule has 0 fully saturated rings. The molecule has 0 amide bonds. The smallest absolute Gasteiger partial charge is 0.330 e. The normalized spacial score (nSPS) is 22.2. The standard InChI is InChI=1S/C16H18O4/c1-2-18-15(17)8-9-16-19-11-10-14(12-20-16)13-6-4-3-5-7-13/h3-11,14,16H,2,12H2,1H3/b9-8+. The van der Waals surface area contributed by atoms with Crippen LogP contribution >= 0.6 is 0 Å². The Hall–Kier alpha value is -2.07. The summed E-state index contributed by atoms with van der Waals surface area (Å²) in [6, 6.07) is 10.1. The van der Waals surface area contributed by atoms with Crippen LogP contribution in [0, 0.1) is 0 Å². The van der Waals surface area contributed by atoms with Gasteiger partial charge in [0.2, 0.25) is 6.29 Å². The molecule has 1 aromatic carbocycles. The van der Waals surface area contributed by atoms with Crippen LogP contribution in [-0.4, -0.2) is 25.5 Å². The molecule has 4 nitrogen and oxygen atoms in total. The van der Waals surface area contributed by atoms with Crippen LogP contribution in [0.4, 0.5) is 0 Å². The van der Waals surface area contributed by atoms with Gasteiger partial charge in [-0.15, -0.1) is 0 Å². The molecule has 0 aromatic heterocycles. The van der Waals surface area contributed by atoms with E-state index in [1.54, 1.807) is 19.3 Å². The molecule has 2 rings (SSSR count). The van der Waals surface area contributed by atoms with E-state index in [1.807, 2.05) is 36.4 Å². The maximum atomic E-state index is 11.2. The molecule has 0 radical (unpaired) electrons. The molecule has 1 aliphatic heterocycles. The van der Waals surface area contributed by atoms with E-state index in [0.717, 1.165) is 0 Å². The summed E-state index contributed by atoms with van der Waals surface area (Å²) in [5, 5.41) is 0. The average Bonchev–Trinajstić information content (AvgIpc) is 2.72. The van der Waals surface area contributed by atoms with Gasteiger partial charge in [-0.05, 0) is 24.6 Å². The summed E-state index contributed by atoms with van der Waals surface area (Å²) in [6.07, 6.45) is 5.88. The first-order valence-corrected chi connectivity index (χ1v) is 6.63.